The minimum atomic E-state index is -0.419. The number of esters is 1. The molecule has 1 aliphatic rings. The normalized spacial score (nSPS) is 22.5. The summed E-state index contributed by atoms with van der Waals surface area (Å²) in [6, 6.07) is 0.553. The molecule has 1 atom stereocenters. The van der Waals surface area contributed by atoms with E-state index in [1.165, 1.54) is 26.4 Å². The second-order valence-electron chi connectivity index (χ2n) is 5.55. The molecule has 0 amide bonds. The Hall–Kier alpha value is -0.610. The van der Waals surface area contributed by atoms with Crippen molar-refractivity contribution in [3.8, 4) is 0 Å². The molecule has 1 saturated heterocycles. The largest absolute Gasteiger partial charge is 0.469 e. The van der Waals surface area contributed by atoms with Gasteiger partial charge in [-0.2, -0.15) is 0 Å². The molecule has 1 heterocycles. The van der Waals surface area contributed by atoms with Gasteiger partial charge in [-0.15, -0.1) is 0 Å². The number of piperidine rings is 1. The zero-order chi connectivity index (χ0) is 12.9. The molecule has 0 aliphatic carbocycles. The predicted octanol–water partition coefficient (Wildman–Crippen LogP) is 1.26. The van der Waals surface area contributed by atoms with Gasteiger partial charge < -0.3 is 10.1 Å². The third kappa shape index (κ3) is 3.96. The standard InChI is InChI=1S/C13H26N2O2/c1-13(2,12(16)17-4)10-15-8-6-5-7-11(15)9-14-3/h11,14H,5-10H2,1-4H3. The van der Waals surface area contributed by atoms with Crippen LogP contribution in [-0.4, -0.2) is 50.7 Å². The van der Waals surface area contributed by atoms with E-state index in [-0.39, 0.29) is 5.97 Å². The Bertz CT molecular complexity index is 252. The summed E-state index contributed by atoms with van der Waals surface area (Å²) in [6.07, 6.45) is 3.75. The number of nitrogens with zero attached hydrogens (tertiary/aromatic N) is 1. The van der Waals surface area contributed by atoms with Crippen LogP contribution in [0.1, 0.15) is 33.1 Å². The van der Waals surface area contributed by atoms with Gasteiger partial charge in [0.15, 0.2) is 0 Å². The van der Waals surface area contributed by atoms with Crippen LogP contribution in [0.3, 0.4) is 0 Å². The predicted molar refractivity (Wildman–Crippen MR) is 68.9 cm³/mol. The number of likely N-dealkylation sites (N-methyl/N-ethyl adjacent to an activating group) is 1. The maximum Gasteiger partial charge on any atom is 0.312 e. The lowest BCUT2D eigenvalue weighted by molar-refractivity contribution is -0.152. The molecule has 4 nitrogen and oxygen atoms in total. The first-order valence-electron chi connectivity index (χ1n) is 6.48. The van der Waals surface area contributed by atoms with E-state index in [2.05, 4.69) is 10.2 Å². The van der Waals surface area contributed by atoms with Gasteiger partial charge in [-0.3, -0.25) is 9.69 Å². The number of hydrogen-bond acceptors (Lipinski definition) is 4. The van der Waals surface area contributed by atoms with Gasteiger partial charge in [0.05, 0.1) is 12.5 Å². The van der Waals surface area contributed by atoms with Crippen LogP contribution in [0.4, 0.5) is 0 Å². The monoisotopic (exact) mass is 242 g/mol. The average molecular weight is 242 g/mol. The fraction of sp³-hybridized carbons (Fsp3) is 0.923. The van der Waals surface area contributed by atoms with E-state index in [0.717, 1.165) is 19.6 Å². The summed E-state index contributed by atoms with van der Waals surface area (Å²) in [7, 11) is 3.45. The van der Waals surface area contributed by atoms with Crippen molar-refractivity contribution in [2.45, 2.75) is 39.2 Å². The molecule has 0 aromatic rings. The summed E-state index contributed by atoms with van der Waals surface area (Å²) in [5.74, 6) is -0.119. The number of nitrogens with one attached hydrogen (secondary N) is 1. The van der Waals surface area contributed by atoms with Crippen LogP contribution in [0.2, 0.25) is 0 Å². The summed E-state index contributed by atoms with van der Waals surface area (Å²) < 4.78 is 4.87. The molecule has 1 N–H and O–H groups in total. The van der Waals surface area contributed by atoms with E-state index in [9.17, 15) is 4.79 Å². The number of rotatable bonds is 5. The van der Waals surface area contributed by atoms with Gasteiger partial charge in [0.25, 0.3) is 0 Å². The molecule has 0 aromatic carbocycles. The first-order chi connectivity index (χ1) is 8.01. The van der Waals surface area contributed by atoms with Crippen LogP contribution < -0.4 is 5.32 Å². The maximum absolute atomic E-state index is 11.7. The van der Waals surface area contributed by atoms with Crippen molar-refractivity contribution < 1.29 is 9.53 Å². The minimum absolute atomic E-state index is 0.119. The summed E-state index contributed by atoms with van der Waals surface area (Å²) in [6.45, 7) is 6.80. The van der Waals surface area contributed by atoms with Gasteiger partial charge in [-0.25, -0.2) is 0 Å². The van der Waals surface area contributed by atoms with Crippen LogP contribution in [0.15, 0.2) is 0 Å². The third-order valence-electron chi connectivity index (χ3n) is 3.53. The molecule has 1 aliphatic heterocycles. The van der Waals surface area contributed by atoms with Gasteiger partial charge in [-0.05, 0) is 40.3 Å². The van der Waals surface area contributed by atoms with E-state index in [1.807, 2.05) is 20.9 Å². The van der Waals surface area contributed by atoms with Crippen LogP contribution in [0.5, 0.6) is 0 Å². The highest BCUT2D eigenvalue weighted by molar-refractivity contribution is 5.76. The highest BCUT2D eigenvalue weighted by Crippen LogP contribution is 2.24. The maximum atomic E-state index is 11.7. The first kappa shape index (κ1) is 14.5. The van der Waals surface area contributed by atoms with E-state index in [4.69, 9.17) is 4.74 Å². The molecule has 0 spiro atoms. The zero-order valence-electron chi connectivity index (χ0n) is 11.6. The topological polar surface area (TPSA) is 41.6 Å². The van der Waals surface area contributed by atoms with Crippen LogP contribution >= 0.6 is 0 Å². The highest BCUT2D eigenvalue weighted by atomic mass is 16.5. The van der Waals surface area contributed by atoms with Crippen LogP contribution in [-0.2, 0) is 9.53 Å². The third-order valence-corrected chi connectivity index (χ3v) is 3.53. The van der Waals surface area contributed by atoms with Crippen molar-refractivity contribution in [1.82, 2.24) is 10.2 Å². The van der Waals surface area contributed by atoms with Gasteiger partial charge in [0.1, 0.15) is 0 Å². The molecule has 1 fully saturated rings. The number of likely N-dealkylation sites (tertiary alicyclic amines) is 1. The Balaban J connectivity index is 2.60. The molecule has 100 valence electrons. The minimum Gasteiger partial charge on any atom is -0.469 e. The summed E-state index contributed by atoms with van der Waals surface area (Å²) >= 11 is 0. The number of carbonyl (C=O) groups excluding carboxylic acids is 1. The van der Waals surface area contributed by atoms with Crippen molar-refractivity contribution in [1.29, 1.82) is 0 Å². The lowest BCUT2D eigenvalue weighted by Gasteiger charge is -2.39. The highest BCUT2D eigenvalue weighted by Gasteiger charge is 2.34. The molecule has 1 unspecified atom stereocenters. The van der Waals surface area contributed by atoms with Gasteiger partial charge in [0.2, 0.25) is 0 Å². The molecule has 0 aromatic heterocycles. The Morgan fingerprint density at radius 1 is 1.47 bits per heavy atom. The zero-order valence-corrected chi connectivity index (χ0v) is 11.6. The SMILES string of the molecule is CNCC1CCCCN1CC(C)(C)C(=O)OC. The Labute approximate surface area is 105 Å². The van der Waals surface area contributed by atoms with Crippen molar-refractivity contribution in [2.24, 2.45) is 5.41 Å². The average Bonchev–Trinajstić information content (AvgIpc) is 2.30. The number of hydrogen-bond donors (Lipinski definition) is 1. The molecule has 0 saturated carbocycles. The molecule has 4 heteroatoms. The Kier molecular flexibility index (Phi) is 5.40. The van der Waals surface area contributed by atoms with Gasteiger partial charge in [0, 0.05) is 19.1 Å². The van der Waals surface area contributed by atoms with Gasteiger partial charge in [-0.1, -0.05) is 6.42 Å². The summed E-state index contributed by atoms with van der Waals surface area (Å²) in [5, 5.41) is 3.24. The smallest absolute Gasteiger partial charge is 0.312 e. The van der Waals surface area contributed by atoms with Crippen molar-refractivity contribution in [3.05, 3.63) is 0 Å². The lowest BCUT2D eigenvalue weighted by atomic mass is 9.90. The van der Waals surface area contributed by atoms with Crippen molar-refractivity contribution in [2.75, 3.05) is 33.8 Å². The van der Waals surface area contributed by atoms with Gasteiger partial charge >= 0.3 is 5.97 Å². The number of methoxy groups -OCH3 is 1. The van der Waals surface area contributed by atoms with E-state index in [1.54, 1.807) is 0 Å². The molecule has 0 radical (unpaired) electrons. The van der Waals surface area contributed by atoms with Crippen LogP contribution in [0, 0.1) is 5.41 Å². The molecular formula is C13H26N2O2. The fourth-order valence-electron chi connectivity index (χ4n) is 2.58. The Morgan fingerprint density at radius 2 is 2.18 bits per heavy atom. The van der Waals surface area contributed by atoms with Crippen LogP contribution in [0.25, 0.3) is 0 Å². The molecular weight excluding hydrogens is 216 g/mol. The van der Waals surface area contributed by atoms with E-state index in [0.29, 0.717) is 6.04 Å². The molecule has 1 rings (SSSR count). The molecule has 17 heavy (non-hydrogen) atoms. The van der Waals surface area contributed by atoms with E-state index < -0.39 is 5.41 Å². The lowest BCUT2D eigenvalue weighted by Crippen LogP contribution is -2.50. The summed E-state index contributed by atoms with van der Waals surface area (Å²) in [4.78, 5) is 14.1. The second kappa shape index (κ2) is 6.36. The first-order valence-corrected chi connectivity index (χ1v) is 6.48. The quantitative estimate of drug-likeness (QED) is 0.737. The Morgan fingerprint density at radius 3 is 2.76 bits per heavy atom. The number of ether oxygens (including phenoxy) is 1. The summed E-state index contributed by atoms with van der Waals surface area (Å²) in [5.41, 5.74) is -0.419. The fourth-order valence-corrected chi connectivity index (χ4v) is 2.58. The van der Waals surface area contributed by atoms with Crippen molar-refractivity contribution >= 4 is 5.97 Å². The second-order valence-corrected chi connectivity index (χ2v) is 5.55. The molecule has 0 bridgehead atoms. The van der Waals surface area contributed by atoms with E-state index >= 15 is 0 Å². The number of carbonyl (C=O) groups is 1. The van der Waals surface area contributed by atoms with Crippen molar-refractivity contribution in [3.63, 3.8) is 0 Å².